The van der Waals surface area contributed by atoms with Gasteiger partial charge in [0.05, 0.1) is 24.1 Å². The van der Waals surface area contributed by atoms with Gasteiger partial charge in [0, 0.05) is 48.8 Å². The Bertz CT molecular complexity index is 1000. The van der Waals surface area contributed by atoms with Crippen molar-refractivity contribution in [1.82, 2.24) is 20.0 Å². The van der Waals surface area contributed by atoms with Gasteiger partial charge in [0.15, 0.2) is 5.96 Å². The Balaban J connectivity index is 1.33. The number of carbonyl (C=O) groups is 4. The maximum atomic E-state index is 13.1. The quantitative estimate of drug-likeness (QED) is 0.136. The van der Waals surface area contributed by atoms with Gasteiger partial charge in [-0.25, -0.2) is 9.79 Å². The van der Waals surface area contributed by atoms with Crippen LogP contribution in [0.3, 0.4) is 0 Å². The molecule has 6 atom stereocenters. The summed E-state index contributed by atoms with van der Waals surface area (Å²) in [5.74, 6) is -2.71. The number of nitrogens with two attached hydrogens (primary N) is 2. The van der Waals surface area contributed by atoms with Crippen molar-refractivity contribution >= 4 is 41.4 Å². The molecule has 198 valence electrons. The van der Waals surface area contributed by atoms with E-state index >= 15 is 0 Å². The first-order valence-corrected chi connectivity index (χ1v) is 12.9. The molecular formula is C22H33N7O6S. The van der Waals surface area contributed by atoms with E-state index in [1.807, 2.05) is 6.92 Å². The number of carboxylic acids is 1. The van der Waals surface area contributed by atoms with Crippen molar-refractivity contribution in [3.63, 3.8) is 0 Å². The molecule has 0 radical (unpaired) electrons. The third-order valence-electron chi connectivity index (χ3n) is 7.33. The van der Waals surface area contributed by atoms with Gasteiger partial charge in [-0.1, -0.05) is 6.92 Å². The second-order valence-electron chi connectivity index (χ2n) is 9.66. The van der Waals surface area contributed by atoms with E-state index in [1.165, 1.54) is 16.7 Å². The van der Waals surface area contributed by atoms with Crippen molar-refractivity contribution in [2.45, 2.75) is 43.7 Å². The van der Waals surface area contributed by atoms with E-state index in [-0.39, 0.29) is 53.1 Å². The molecule has 4 aliphatic rings. The predicted molar refractivity (Wildman–Crippen MR) is 131 cm³/mol. The average Bonchev–Trinajstić information content (AvgIpc) is 3.38. The van der Waals surface area contributed by atoms with Crippen molar-refractivity contribution < 1.29 is 29.4 Å². The van der Waals surface area contributed by atoms with Crippen molar-refractivity contribution in [3.05, 3.63) is 10.6 Å². The number of piperazine rings is 1. The topological polar surface area (TPSA) is 195 Å². The molecule has 14 heteroatoms. The van der Waals surface area contributed by atoms with Crippen molar-refractivity contribution in [1.29, 1.82) is 0 Å². The molecule has 4 rings (SSSR count). The molecule has 0 spiro atoms. The number of nitrogens with zero attached hydrogens (tertiary/aromatic N) is 4. The molecule has 0 aliphatic carbocycles. The van der Waals surface area contributed by atoms with Crippen LogP contribution in [0.15, 0.2) is 15.6 Å². The van der Waals surface area contributed by atoms with Gasteiger partial charge in [-0.3, -0.25) is 14.4 Å². The van der Waals surface area contributed by atoms with Gasteiger partial charge >= 0.3 is 5.97 Å². The molecule has 3 amide bonds. The van der Waals surface area contributed by atoms with E-state index in [0.717, 1.165) is 0 Å². The van der Waals surface area contributed by atoms with E-state index in [9.17, 15) is 29.4 Å². The Morgan fingerprint density at radius 2 is 1.83 bits per heavy atom. The number of fused-ring (bicyclic) bond motifs is 1. The molecule has 0 aromatic heterocycles. The largest absolute Gasteiger partial charge is 0.477 e. The Hall–Kier alpha value is -2.84. The van der Waals surface area contributed by atoms with E-state index < -0.39 is 24.0 Å². The number of β-lactam (4-membered cyclic amide) rings is 1. The third-order valence-corrected chi connectivity index (χ3v) is 8.85. The number of aliphatic carboxylic acids is 1. The molecule has 0 bridgehead atoms. The maximum absolute atomic E-state index is 13.1. The molecule has 0 saturated carbocycles. The van der Waals surface area contributed by atoms with Crippen LogP contribution in [0, 0.1) is 11.8 Å². The molecule has 0 aromatic carbocycles. The van der Waals surface area contributed by atoms with Crippen LogP contribution in [0.25, 0.3) is 0 Å². The van der Waals surface area contributed by atoms with Gasteiger partial charge < -0.3 is 41.7 Å². The van der Waals surface area contributed by atoms with Crippen LogP contribution in [-0.4, -0.2) is 117 Å². The fourth-order valence-corrected chi connectivity index (χ4v) is 6.97. The molecule has 4 heterocycles. The highest BCUT2D eigenvalue weighted by atomic mass is 32.2. The van der Waals surface area contributed by atoms with Crippen molar-refractivity contribution in [2.24, 2.45) is 28.3 Å². The summed E-state index contributed by atoms with van der Waals surface area (Å²) in [5.41, 5.74) is 10.5. The van der Waals surface area contributed by atoms with Crippen LogP contribution in [-0.2, 0) is 19.2 Å². The number of nitrogens with one attached hydrogen (secondary N) is 1. The molecule has 3 saturated heterocycles. The second-order valence-corrected chi connectivity index (χ2v) is 11.0. The third kappa shape index (κ3) is 4.76. The molecule has 6 unspecified atom stereocenters. The smallest absolute Gasteiger partial charge is 0.353 e. The first-order valence-electron chi connectivity index (χ1n) is 12.0. The van der Waals surface area contributed by atoms with Gasteiger partial charge in [-0.2, -0.15) is 0 Å². The highest BCUT2D eigenvalue weighted by molar-refractivity contribution is 8.03. The lowest BCUT2D eigenvalue weighted by Crippen LogP contribution is -2.63. The Labute approximate surface area is 212 Å². The summed E-state index contributed by atoms with van der Waals surface area (Å²) in [4.78, 5) is 58.8. The number of carbonyl (C=O) groups excluding carboxylic acids is 3. The van der Waals surface area contributed by atoms with Crippen LogP contribution in [0.1, 0.15) is 20.3 Å². The molecule has 36 heavy (non-hydrogen) atoms. The molecular weight excluding hydrogens is 490 g/mol. The molecule has 0 aromatic rings. The van der Waals surface area contributed by atoms with Crippen LogP contribution >= 0.6 is 11.8 Å². The first-order chi connectivity index (χ1) is 17.0. The summed E-state index contributed by atoms with van der Waals surface area (Å²) in [6.45, 7) is 5.47. The standard InChI is InChI=1S/C22H33N7O6S/c1-10-16-15(11(2)30)20(33)29(16)17(21(34)35)18(10)36-12-7-13(25-8-12)19(32)28-5-3-27(4-6-28)14(31)9-26-22(23)24/h10-13,15-16,25,30H,3-9H2,1-2H3,(H,34,35)(H4,23,24,26). The minimum atomic E-state index is -1.16. The number of hydrogen-bond donors (Lipinski definition) is 5. The van der Waals surface area contributed by atoms with Crippen LogP contribution in [0.5, 0.6) is 0 Å². The Kier molecular flexibility index (Phi) is 7.48. The number of carboxylic acid groups (broad SMARTS) is 1. The van der Waals surface area contributed by atoms with Crippen LogP contribution in [0.4, 0.5) is 0 Å². The Morgan fingerprint density at radius 3 is 2.42 bits per heavy atom. The number of amides is 3. The first kappa shape index (κ1) is 26.2. The maximum Gasteiger partial charge on any atom is 0.353 e. The normalized spacial score (nSPS) is 30.7. The number of guanidine groups is 1. The minimum absolute atomic E-state index is 0.00399. The second kappa shape index (κ2) is 10.3. The number of aliphatic hydroxyl groups is 1. The summed E-state index contributed by atoms with van der Waals surface area (Å²) >= 11 is 1.41. The summed E-state index contributed by atoms with van der Waals surface area (Å²) in [6, 6.07) is -0.760. The fraction of sp³-hybridized carbons (Fsp3) is 0.682. The van der Waals surface area contributed by atoms with Crippen molar-refractivity contribution in [2.75, 3.05) is 39.3 Å². The fourth-order valence-electron chi connectivity index (χ4n) is 5.49. The molecule has 13 nitrogen and oxygen atoms in total. The molecule has 4 aliphatic heterocycles. The lowest BCUT2D eigenvalue weighted by atomic mass is 9.79. The number of aliphatic hydroxyl groups excluding tert-OH is 1. The predicted octanol–water partition coefficient (Wildman–Crippen LogP) is -2.45. The lowest BCUT2D eigenvalue weighted by Gasteiger charge is -2.46. The number of rotatable bonds is 7. The number of thioether (sulfide) groups is 1. The minimum Gasteiger partial charge on any atom is -0.477 e. The van der Waals surface area contributed by atoms with E-state index in [0.29, 0.717) is 44.0 Å². The van der Waals surface area contributed by atoms with E-state index in [4.69, 9.17) is 11.5 Å². The molecule has 3 fully saturated rings. The Morgan fingerprint density at radius 1 is 1.19 bits per heavy atom. The summed E-state index contributed by atoms with van der Waals surface area (Å²) in [5, 5.41) is 23.0. The molecule has 7 N–H and O–H groups in total. The lowest BCUT2D eigenvalue weighted by molar-refractivity contribution is -0.163. The van der Waals surface area contributed by atoms with Gasteiger partial charge in [0.1, 0.15) is 12.2 Å². The van der Waals surface area contributed by atoms with Gasteiger partial charge in [0.25, 0.3) is 0 Å². The monoisotopic (exact) mass is 523 g/mol. The zero-order valence-corrected chi connectivity index (χ0v) is 21.1. The number of hydrogen-bond acceptors (Lipinski definition) is 8. The highest BCUT2D eigenvalue weighted by Gasteiger charge is 2.60. The van der Waals surface area contributed by atoms with E-state index in [2.05, 4.69) is 10.3 Å². The van der Waals surface area contributed by atoms with Crippen LogP contribution in [0.2, 0.25) is 0 Å². The summed E-state index contributed by atoms with van der Waals surface area (Å²) in [6.07, 6.45) is -0.327. The van der Waals surface area contributed by atoms with Gasteiger partial charge in [0.2, 0.25) is 17.7 Å². The van der Waals surface area contributed by atoms with Crippen LogP contribution < -0.4 is 16.8 Å². The zero-order chi connectivity index (χ0) is 26.3. The number of aliphatic imine (C=N–C) groups is 1. The van der Waals surface area contributed by atoms with E-state index in [1.54, 1.807) is 16.7 Å². The van der Waals surface area contributed by atoms with Crippen molar-refractivity contribution in [3.8, 4) is 0 Å². The summed E-state index contributed by atoms with van der Waals surface area (Å²) < 4.78 is 0. The highest BCUT2D eigenvalue weighted by Crippen LogP contribution is 2.51. The summed E-state index contributed by atoms with van der Waals surface area (Å²) in [7, 11) is 0. The SMILES string of the molecule is CC(O)C1C(=O)N2C(C(=O)O)=C(SC3CNC(C(=O)N4CCN(C(=O)CN=C(N)N)CC4)C3)C(C)C12. The van der Waals surface area contributed by atoms with Gasteiger partial charge in [-0.05, 0) is 13.3 Å². The average molecular weight is 524 g/mol. The zero-order valence-electron chi connectivity index (χ0n) is 20.3. The van der Waals surface area contributed by atoms with Gasteiger partial charge in [-0.15, -0.1) is 11.8 Å².